The lowest BCUT2D eigenvalue weighted by atomic mass is 10.2. The number of aromatic carboxylic acids is 1. The van der Waals surface area contributed by atoms with E-state index in [-0.39, 0.29) is 17.9 Å². The summed E-state index contributed by atoms with van der Waals surface area (Å²) in [7, 11) is 0. The second-order valence-electron chi connectivity index (χ2n) is 4.77. The molecule has 3 N–H and O–H groups in total. The zero-order chi connectivity index (χ0) is 18.2. The van der Waals surface area contributed by atoms with E-state index in [9.17, 15) is 14.4 Å². The fourth-order valence-corrected chi connectivity index (χ4v) is 1.84. The number of benzene rings is 2. The minimum atomic E-state index is -1.04. The van der Waals surface area contributed by atoms with Crippen LogP contribution in [0.1, 0.15) is 17.3 Å². The number of carbonyl (C=O) groups is 3. The molecule has 2 rings (SSSR count). The normalized spacial score (nSPS) is 9.80. The van der Waals surface area contributed by atoms with Gasteiger partial charge in [0.15, 0.2) is 0 Å². The molecule has 0 saturated heterocycles. The molecule has 0 saturated carbocycles. The number of rotatable bonds is 5. The lowest BCUT2D eigenvalue weighted by Crippen LogP contribution is -2.19. The highest BCUT2D eigenvalue weighted by atomic mass is 16.7. The van der Waals surface area contributed by atoms with Gasteiger partial charge in [-0.2, -0.15) is 0 Å². The van der Waals surface area contributed by atoms with Crippen molar-refractivity contribution in [2.24, 2.45) is 0 Å². The van der Waals surface area contributed by atoms with Crippen molar-refractivity contribution in [3.8, 4) is 5.75 Å². The molecule has 2 amide bonds. The first-order valence-corrected chi connectivity index (χ1v) is 7.34. The number of carbonyl (C=O) groups excluding carboxylic acids is 2. The summed E-state index contributed by atoms with van der Waals surface area (Å²) in [6, 6.07) is 11.4. The van der Waals surface area contributed by atoms with Gasteiger partial charge in [-0.15, -0.1) is 0 Å². The van der Waals surface area contributed by atoms with Crippen LogP contribution in [0.5, 0.6) is 5.75 Å². The smallest absolute Gasteiger partial charge is 0.478 e. The van der Waals surface area contributed by atoms with Crippen LogP contribution < -0.4 is 15.4 Å². The third-order valence-corrected chi connectivity index (χ3v) is 2.97. The first-order valence-electron chi connectivity index (χ1n) is 7.34. The van der Waals surface area contributed by atoms with Crippen LogP contribution in [0.4, 0.5) is 21.0 Å². The van der Waals surface area contributed by atoms with E-state index in [0.29, 0.717) is 11.4 Å². The van der Waals surface area contributed by atoms with Crippen LogP contribution in [-0.4, -0.2) is 29.9 Å². The quantitative estimate of drug-likeness (QED) is 0.564. The van der Waals surface area contributed by atoms with Crippen LogP contribution in [-0.2, 0) is 4.74 Å². The summed E-state index contributed by atoms with van der Waals surface area (Å²) in [5.74, 6) is -0.755. The molecule has 0 heterocycles. The molecule has 0 radical (unpaired) electrons. The molecule has 0 atom stereocenters. The minimum Gasteiger partial charge on any atom is -0.478 e. The van der Waals surface area contributed by atoms with Gasteiger partial charge in [0, 0.05) is 11.4 Å². The molecule has 0 bridgehead atoms. The Labute approximate surface area is 143 Å². The van der Waals surface area contributed by atoms with Crippen LogP contribution in [0.2, 0.25) is 0 Å². The maximum Gasteiger partial charge on any atom is 0.513 e. The first kappa shape index (κ1) is 17.8. The van der Waals surface area contributed by atoms with Crippen molar-refractivity contribution in [1.82, 2.24) is 0 Å². The average Bonchev–Trinajstić information content (AvgIpc) is 2.57. The van der Waals surface area contributed by atoms with Crippen molar-refractivity contribution >= 4 is 29.5 Å². The van der Waals surface area contributed by atoms with Gasteiger partial charge in [-0.05, 0) is 55.5 Å². The molecule has 2 aromatic rings. The third kappa shape index (κ3) is 5.54. The van der Waals surface area contributed by atoms with Gasteiger partial charge < -0.3 is 25.2 Å². The Bertz CT molecular complexity index is 756. The lowest BCUT2D eigenvalue weighted by Gasteiger charge is -2.09. The van der Waals surface area contributed by atoms with E-state index in [1.807, 2.05) is 0 Å². The molecule has 0 aromatic heterocycles. The van der Waals surface area contributed by atoms with Gasteiger partial charge in [0.1, 0.15) is 5.75 Å². The average molecular weight is 344 g/mol. The summed E-state index contributed by atoms with van der Waals surface area (Å²) in [6.45, 7) is 1.88. The predicted molar refractivity (Wildman–Crippen MR) is 90.1 cm³/mol. The molecule has 8 heteroatoms. The summed E-state index contributed by atoms with van der Waals surface area (Å²) in [5.41, 5.74) is 1.06. The van der Waals surface area contributed by atoms with Crippen LogP contribution in [0.15, 0.2) is 48.5 Å². The molecule has 0 unspecified atom stereocenters. The Morgan fingerprint density at radius 1 is 0.920 bits per heavy atom. The van der Waals surface area contributed by atoms with E-state index in [1.54, 1.807) is 19.1 Å². The van der Waals surface area contributed by atoms with Crippen molar-refractivity contribution < 1.29 is 29.0 Å². The van der Waals surface area contributed by atoms with Crippen molar-refractivity contribution in [3.63, 3.8) is 0 Å². The fraction of sp³-hybridized carbons (Fsp3) is 0.118. The van der Waals surface area contributed by atoms with Crippen molar-refractivity contribution in [1.29, 1.82) is 0 Å². The molecule has 8 nitrogen and oxygen atoms in total. The summed E-state index contributed by atoms with van der Waals surface area (Å²) in [4.78, 5) is 33.9. The van der Waals surface area contributed by atoms with Gasteiger partial charge in [-0.25, -0.2) is 14.4 Å². The van der Waals surface area contributed by atoms with Crippen LogP contribution in [0.25, 0.3) is 0 Å². The SMILES string of the molecule is CCOC(=O)Oc1ccc(NC(=O)Nc2ccc(C(=O)O)cc2)cc1. The second-order valence-corrected chi connectivity index (χ2v) is 4.77. The maximum atomic E-state index is 11.9. The molecule has 2 aromatic carbocycles. The highest BCUT2D eigenvalue weighted by Gasteiger charge is 2.07. The highest BCUT2D eigenvalue weighted by molar-refractivity contribution is 6.00. The van der Waals surface area contributed by atoms with E-state index >= 15 is 0 Å². The summed E-state index contributed by atoms with van der Waals surface area (Å²) >= 11 is 0. The Balaban J connectivity index is 1.89. The van der Waals surface area contributed by atoms with Crippen molar-refractivity contribution in [3.05, 3.63) is 54.1 Å². The number of carboxylic acid groups (broad SMARTS) is 1. The fourth-order valence-electron chi connectivity index (χ4n) is 1.84. The van der Waals surface area contributed by atoms with Crippen LogP contribution >= 0.6 is 0 Å². The van der Waals surface area contributed by atoms with E-state index in [1.165, 1.54) is 36.4 Å². The van der Waals surface area contributed by atoms with Gasteiger partial charge in [0.25, 0.3) is 0 Å². The highest BCUT2D eigenvalue weighted by Crippen LogP contribution is 2.17. The van der Waals surface area contributed by atoms with Gasteiger partial charge >= 0.3 is 18.2 Å². The second kappa shape index (κ2) is 8.34. The van der Waals surface area contributed by atoms with Gasteiger partial charge in [-0.1, -0.05) is 0 Å². The Morgan fingerprint density at radius 2 is 1.44 bits per heavy atom. The molecule has 25 heavy (non-hydrogen) atoms. The molecule has 0 aliphatic rings. The van der Waals surface area contributed by atoms with E-state index in [2.05, 4.69) is 15.4 Å². The number of urea groups is 1. The largest absolute Gasteiger partial charge is 0.513 e. The maximum absolute atomic E-state index is 11.9. The van der Waals surface area contributed by atoms with Crippen LogP contribution in [0, 0.1) is 0 Å². The summed E-state index contributed by atoms with van der Waals surface area (Å²) in [5, 5.41) is 14.0. The standard InChI is InChI=1S/C17H16N2O6/c1-2-24-17(23)25-14-9-7-13(8-10-14)19-16(22)18-12-5-3-11(4-6-12)15(20)21/h3-10H,2H2,1H3,(H,20,21)(H2,18,19,22). The zero-order valence-corrected chi connectivity index (χ0v) is 13.3. The topological polar surface area (TPSA) is 114 Å². The lowest BCUT2D eigenvalue weighted by molar-refractivity contribution is 0.0696. The van der Waals surface area contributed by atoms with Gasteiger partial charge in [0.2, 0.25) is 0 Å². The zero-order valence-electron chi connectivity index (χ0n) is 13.3. The molecule has 130 valence electrons. The number of hydrogen-bond acceptors (Lipinski definition) is 5. The number of hydrogen-bond donors (Lipinski definition) is 3. The molecule has 0 spiro atoms. The molecule has 0 fully saturated rings. The van der Waals surface area contributed by atoms with Crippen molar-refractivity contribution in [2.75, 3.05) is 17.2 Å². The summed E-state index contributed by atoms with van der Waals surface area (Å²) < 4.78 is 9.56. The molecule has 0 aliphatic carbocycles. The molecular formula is C17H16N2O6. The third-order valence-electron chi connectivity index (χ3n) is 2.97. The molecular weight excluding hydrogens is 328 g/mol. The Hall–Kier alpha value is -3.55. The number of amides is 2. The van der Waals surface area contributed by atoms with Crippen LogP contribution in [0.3, 0.4) is 0 Å². The minimum absolute atomic E-state index is 0.128. The van der Waals surface area contributed by atoms with E-state index in [4.69, 9.17) is 9.84 Å². The first-order chi connectivity index (χ1) is 12.0. The molecule has 0 aliphatic heterocycles. The van der Waals surface area contributed by atoms with Crippen molar-refractivity contribution in [2.45, 2.75) is 6.92 Å². The van der Waals surface area contributed by atoms with E-state index in [0.717, 1.165) is 0 Å². The number of nitrogens with one attached hydrogen (secondary N) is 2. The Kier molecular flexibility index (Phi) is 5.94. The number of anilines is 2. The van der Waals surface area contributed by atoms with Gasteiger partial charge in [-0.3, -0.25) is 0 Å². The monoisotopic (exact) mass is 344 g/mol. The van der Waals surface area contributed by atoms with Gasteiger partial charge in [0.05, 0.1) is 12.2 Å². The number of carboxylic acids is 1. The van der Waals surface area contributed by atoms with E-state index < -0.39 is 18.2 Å². The Morgan fingerprint density at radius 3 is 1.92 bits per heavy atom. The predicted octanol–water partition coefficient (Wildman–Crippen LogP) is 3.56. The number of ether oxygens (including phenoxy) is 2. The summed E-state index contributed by atoms with van der Waals surface area (Å²) in [6.07, 6.45) is -0.800.